The zero-order valence-electron chi connectivity index (χ0n) is 10.5. The van der Waals surface area contributed by atoms with E-state index in [0.29, 0.717) is 5.02 Å². The standard InChI is InChI=1S/C13H16ClNO3/c1-8(9-5-4-6-10(14)7-9)11(16)15-13(2,3)12(17)18/h4-8H,1-3H3,(H,15,16)(H,17,18). The van der Waals surface area contributed by atoms with Gasteiger partial charge in [0.05, 0.1) is 5.92 Å². The molecule has 0 bridgehead atoms. The average Bonchev–Trinajstić information content (AvgIpc) is 2.27. The van der Waals surface area contributed by atoms with Crippen LogP contribution in [0.15, 0.2) is 24.3 Å². The first-order chi connectivity index (χ1) is 8.24. The van der Waals surface area contributed by atoms with E-state index in [-0.39, 0.29) is 5.91 Å². The van der Waals surface area contributed by atoms with Crippen LogP contribution >= 0.6 is 11.6 Å². The Bertz CT molecular complexity index is 471. The van der Waals surface area contributed by atoms with Gasteiger partial charge in [0, 0.05) is 5.02 Å². The van der Waals surface area contributed by atoms with E-state index < -0.39 is 17.4 Å². The first kappa shape index (κ1) is 14.5. The molecule has 0 fully saturated rings. The molecule has 1 aromatic rings. The van der Waals surface area contributed by atoms with Crippen LogP contribution in [0.5, 0.6) is 0 Å². The molecule has 0 spiro atoms. The van der Waals surface area contributed by atoms with Gasteiger partial charge in [0.25, 0.3) is 0 Å². The van der Waals surface area contributed by atoms with Gasteiger partial charge < -0.3 is 10.4 Å². The van der Waals surface area contributed by atoms with Crippen LogP contribution in [-0.4, -0.2) is 22.5 Å². The molecule has 0 saturated carbocycles. The van der Waals surface area contributed by atoms with Crippen molar-refractivity contribution in [3.63, 3.8) is 0 Å². The summed E-state index contributed by atoms with van der Waals surface area (Å²) in [6, 6.07) is 6.95. The summed E-state index contributed by atoms with van der Waals surface area (Å²) in [7, 11) is 0. The minimum Gasteiger partial charge on any atom is -0.480 e. The molecular weight excluding hydrogens is 254 g/mol. The number of benzene rings is 1. The van der Waals surface area contributed by atoms with Crippen LogP contribution in [-0.2, 0) is 9.59 Å². The number of hydrogen-bond donors (Lipinski definition) is 2. The number of nitrogens with one attached hydrogen (secondary N) is 1. The second kappa shape index (κ2) is 5.40. The van der Waals surface area contributed by atoms with Crippen molar-refractivity contribution < 1.29 is 14.7 Å². The van der Waals surface area contributed by atoms with E-state index in [1.165, 1.54) is 13.8 Å². The van der Waals surface area contributed by atoms with Crippen molar-refractivity contribution in [3.8, 4) is 0 Å². The van der Waals surface area contributed by atoms with Crippen LogP contribution in [0.4, 0.5) is 0 Å². The second-order valence-corrected chi connectivity index (χ2v) is 5.13. The predicted octanol–water partition coefficient (Wildman–Crippen LogP) is 2.42. The summed E-state index contributed by atoms with van der Waals surface area (Å²) in [6.07, 6.45) is 0. The molecule has 0 radical (unpaired) electrons. The summed E-state index contributed by atoms with van der Waals surface area (Å²) in [5.41, 5.74) is -0.537. The molecule has 1 unspecified atom stereocenters. The molecule has 0 aliphatic heterocycles. The zero-order valence-corrected chi connectivity index (χ0v) is 11.3. The van der Waals surface area contributed by atoms with Gasteiger partial charge in [0.15, 0.2) is 0 Å². The third-order valence-corrected chi connectivity index (χ3v) is 2.95. The van der Waals surface area contributed by atoms with Gasteiger partial charge in [-0.25, -0.2) is 4.79 Å². The average molecular weight is 270 g/mol. The maximum atomic E-state index is 12.0. The third-order valence-electron chi connectivity index (χ3n) is 2.71. The lowest BCUT2D eigenvalue weighted by Gasteiger charge is -2.23. The van der Waals surface area contributed by atoms with E-state index in [4.69, 9.17) is 16.7 Å². The fourth-order valence-electron chi connectivity index (χ4n) is 1.40. The molecule has 2 N–H and O–H groups in total. The van der Waals surface area contributed by atoms with E-state index in [2.05, 4.69) is 5.32 Å². The van der Waals surface area contributed by atoms with Crippen LogP contribution < -0.4 is 5.32 Å². The summed E-state index contributed by atoms with van der Waals surface area (Å²) in [5, 5.41) is 12.0. The summed E-state index contributed by atoms with van der Waals surface area (Å²) in [6.45, 7) is 4.59. The zero-order chi connectivity index (χ0) is 13.9. The van der Waals surface area contributed by atoms with Crippen LogP contribution in [0.1, 0.15) is 32.3 Å². The number of carboxylic acid groups (broad SMARTS) is 1. The van der Waals surface area contributed by atoms with E-state index >= 15 is 0 Å². The minimum absolute atomic E-state index is 0.343. The van der Waals surface area contributed by atoms with Crippen molar-refractivity contribution in [1.82, 2.24) is 5.32 Å². The molecule has 0 heterocycles. The van der Waals surface area contributed by atoms with Crippen molar-refractivity contribution >= 4 is 23.5 Å². The number of carbonyl (C=O) groups is 2. The van der Waals surface area contributed by atoms with Crippen molar-refractivity contribution in [1.29, 1.82) is 0 Å². The highest BCUT2D eigenvalue weighted by Crippen LogP contribution is 2.20. The molecule has 1 rings (SSSR count). The maximum Gasteiger partial charge on any atom is 0.328 e. The molecule has 5 heteroatoms. The summed E-state index contributed by atoms with van der Waals surface area (Å²) < 4.78 is 0. The molecule has 4 nitrogen and oxygen atoms in total. The maximum absolute atomic E-state index is 12.0. The smallest absolute Gasteiger partial charge is 0.328 e. The van der Waals surface area contributed by atoms with E-state index in [9.17, 15) is 9.59 Å². The van der Waals surface area contributed by atoms with Gasteiger partial charge in [-0.3, -0.25) is 4.79 Å². The number of halogens is 1. The summed E-state index contributed by atoms with van der Waals surface area (Å²) in [4.78, 5) is 22.9. The van der Waals surface area contributed by atoms with Crippen LogP contribution in [0, 0.1) is 0 Å². The van der Waals surface area contributed by atoms with Crippen molar-refractivity contribution in [2.45, 2.75) is 32.2 Å². The summed E-state index contributed by atoms with van der Waals surface area (Å²) >= 11 is 5.85. The van der Waals surface area contributed by atoms with E-state index in [0.717, 1.165) is 5.56 Å². The van der Waals surface area contributed by atoms with Gasteiger partial charge in [-0.15, -0.1) is 0 Å². The normalized spacial score (nSPS) is 12.9. The lowest BCUT2D eigenvalue weighted by Crippen LogP contribution is -2.50. The Morgan fingerprint density at radius 3 is 2.50 bits per heavy atom. The topological polar surface area (TPSA) is 66.4 Å². The van der Waals surface area contributed by atoms with Crippen LogP contribution in [0.25, 0.3) is 0 Å². The Hall–Kier alpha value is -1.55. The van der Waals surface area contributed by atoms with Crippen molar-refractivity contribution in [3.05, 3.63) is 34.9 Å². The van der Waals surface area contributed by atoms with Gasteiger partial charge in [0.2, 0.25) is 5.91 Å². The van der Waals surface area contributed by atoms with E-state index in [1.807, 2.05) is 0 Å². The number of aliphatic carboxylic acids is 1. The SMILES string of the molecule is CC(C(=O)NC(C)(C)C(=O)O)c1cccc(Cl)c1. The Balaban J connectivity index is 2.82. The van der Waals surface area contributed by atoms with Gasteiger partial charge >= 0.3 is 5.97 Å². The molecule has 18 heavy (non-hydrogen) atoms. The molecule has 0 aliphatic carbocycles. The van der Waals surface area contributed by atoms with Crippen LogP contribution in [0.3, 0.4) is 0 Å². The number of amides is 1. The molecule has 0 saturated heterocycles. The Labute approximate surface area is 111 Å². The minimum atomic E-state index is -1.29. The molecule has 1 atom stereocenters. The molecule has 1 aromatic carbocycles. The highest BCUT2D eigenvalue weighted by atomic mass is 35.5. The fourth-order valence-corrected chi connectivity index (χ4v) is 1.60. The monoisotopic (exact) mass is 269 g/mol. The fraction of sp³-hybridized carbons (Fsp3) is 0.385. The van der Waals surface area contributed by atoms with Gasteiger partial charge in [-0.05, 0) is 38.5 Å². The first-order valence-corrected chi connectivity index (χ1v) is 5.92. The number of carbonyl (C=O) groups excluding carboxylic acids is 1. The second-order valence-electron chi connectivity index (χ2n) is 4.70. The van der Waals surface area contributed by atoms with Crippen LogP contribution in [0.2, 0.25) is 5.02 Å². The number of carboxylic acids is 1. The van der Waals surface area contributed by atoms with Gasteiger partial charge in [-0.1, -0.05) is 23.7 Å². The van der Waals surface area contributed by atoms with Gasteiger partial charge in [-0.2, -0.15) is 0 Å². The first-order valence-electron chi connectivity index (χ1n) is 5.55. The van der Waals surface area contributed by atoms with Crippen molar-refractivity contribution in [2.24, 2.45) is 0 Å². The molecule has 98 valence electrons. The quantitative estimate of drug-likeness (QED) is 0.882. The highest BCUT2D eigenvalue weighted by molar-refractivity contribution is 6.30. The lowest BCUT2D eigenvalue weighted by atomic mass is 9.98. The molecule has 0 aliphatic rings. The van der Waals surface area contributed by atoms with Crippen molar-refractivity contribution in [2.75, 3.05) is 0 Å². The molecular formula is C13H16ClNO3. The highest BCUT2D eigenvalue weighted by Gasteiger charge is 2.30. The molecule has 0 aromatic heterocycles. The Morgan fingerprint density at radius 2 is 2.00 bits per heavy atom. The predicted molar refractivity (Wildman–Crippen MR) is 69.7 cm³/mol. The number of rotatable bonds is 4. The van der Waals surface area contributed by atoms with E-state index in [1.54, 1.807) is 31.2 Å². The van der Waals surface area contributed by atoms with Gasteiger partial charge in [0.1, 0.15) is 5.54 Å². The largest absolute Gasteiger partial charge is 0.480 e. The third kappa shape index (κ3) is 3.47. The molecule has 1 amide bonds. The Kier molecular flexibility index (Phi) is 4.35. The Morgan fingerprint density at radius 1 is 1.39 bits per heavy atom. The number of hydrogen-bond acceptors (Lipinski definition) is 2. The lowest BCUT2D eigenvalue weighted by molar-refractivity contribution is -0.146. The summed E-state index contributed by atoms with van der Waals surface area (Å²) in [5.74, 6) is -1.87.